The highest BCUT2D eigenvalue weighted by Gasteiger charge is 2.22. The van der Waals surface area contributed by atoms with Crippen molar-refractivity contribution in [3.05, 3.63) is 71.3 Å². The molecule has 8 nitrogen and oxygen atoms in total. The maximum Gasteiger partial charge on any atom is 0.311 e. The van der Waals surface area contributed by atoms with Gasteiger partial charge in [-0.05, 0) is 35.9 Å². The number of ether oxygens (including phenoxy) is 1. The number of benzene rings is 2. The maximum absolute atomic E-state index is 13.9. The van der Waals surface area contributed by atoms with Crippen LogP contribution in [0.25, 0.3) is 33.6 Å². The van der Waals surface area contributed by atoms with Crippen molar-refractivity contribution in [2.45, 2.75) is 6.42 Å². The number of carbonyl (C=O) groups excluding carboxylic acids is 1. The van der Waals surface area contributed by atoms with Gasteiger partial charge in [0.1, 0.15) is 11.5 Å². The molecule has 0 radical (unpaired) electrons. The lowest BCUT2D eigenvalue weighted by atomic mass is 10.1. The van der Waals surface area contributed by atoms with Gasteiger partial charge in [-0.25, -0.2) is 9.07 Å². The van der Waals surface area contributed by atoms with E-state index in [9.17, 15) is 9.18 Å². The van der Waals surface area contributed by atoms with E-state index in [0.717, 1.165) is 11.1 Å². The molecule has 154 valence electrons. The molecule has 0 unspecified atom stereocenters. The van der Waals surface area contributed by atoms with Gasteiger partial charge in [0.05, 0.1) is 25.4 Å². The second kappa shape index (κ2) is 7.44. The van der Waals surface area contributed by atoms with Crippen molar-refractivity contribution in [1.29, 1.82) is 0 Å². The number of rotatable bonds is 4. The lowest BCUT2D eigenvalue weighted by molar-refractivity contribution is -0.139. The molecule has 0 spiro atoms. The third-order valence-electron chi connectivity index (χ3n) is 4.82. The number of nitrogens with zero attached hydrogens (tertiary/aromatic N) is 6. The molecule has 0 amide bonds. The number of carbonyl (C=O) groups is 1. The van der Waals surface area contributed by atoms with Crippen LogP contribution < -0.4 is 0 Å². The summed E-state index contributed by atoms with van der Waals surface area (Å²) in [5.41, 5.74) is 3.62. The van der Waals surface area contributed by atoms with Gasteiger partial charge in [0, 0.05) is 10.6 Å². The summed E-state index contributed by atoms with van der Waals surface area (Å²) in [5.74, 6) is -0.901. The fraction of sp³-hybridized carbons (Fsp3) is 0.0952. The number of methoxy groups -OCH3 is 1. The van der Waals surface area contributed by atoms with Crippen LogP contribution in [-0.2, 0) is 16.0 Å². The third kappa shape index (κ3) is 3.28. The quantitative estimate of drug-likeness (QED) is 0.400. The summed E-state index contributed by atoms with van der Waals surface area (Å²) >= 11 is 6.14. The summed E-state index contributed by atoms with van der Waals surface area (Å²) in [5, 5.41) is 18.2. The Labute approximate surface area is 179 Å². The van der Waals surface area contributed by atoms with E-state index in [1.54, 1.807) is 35.0 Å². The Kier molecular flexibility index (Phi) is 4.59. The highest BCUT2D eigenvalue weighted by atomic mass is 35.5. The van der Waals surface area contributed by atoms with Crippen LogP contribution in [0.1, 0.15) is 5.69 Å². The maximum atomic E-state index is 13.9. The third-order valence-corrected chi connectivity index (χ3v) is 5.06. The minimum atomic E-state index is -0.479. The van der Waals surface area contributed by atoms with E-state index in [1.165, 1.54) is 23.9 Å². The van der Waals surface area contributed by atoms with Gasteiger partial charge in [0.25, 0.3) is 0 Å². The fourth-order valence-corrected chi connectivity index (χ4v) is 3.59. The molecular formula is C21H14ClFN6O2. The van der Waals surface area contributed by atoms with E-state index in [4.69, 9.17) is 16.3 Å². The molecule has 0 aliphatic carbocycles. The van der Waals surface area contributed by atoms with Crippen molar-refractivity contribution in [1.82, 2.24) is 29.6 Å². The molecular weight excluding hydrogens is 423 g/mol. The Morgan fingerprint density at radius 1 is 1.16 bits per heavy atom. The van der Waals surface area contributed by atoms with Gasteiger partial charge in [-0.2, -0.15) is 14.7 Å². The van der Waals surface area contributed by atoms with Crippen LogP contribution in [-0.4, -0.2) is 42.7 Å². The van der Waals surface area contributed by atoms with E-state index in [1.807, 2.05) is 12.1 Å². The molecule has 0 atom stereocenters. The normalized spacial score (nSPS) is 11.3. The molecule has 31 heavy (non-hydrogen) atoms. The molecule has 5 rings (SSSR count). The standard InChI is InChI=1S/C21H14ClFN6O2/c1-31-18(30)10-17-19-21(28(27-17)15-7-3-6-14(23)9-15)29-20(26-25-19)16(11-24-29)12-4-2-5-13(22)8-12/h2-9,11H,10H2,1H3. The van der Waals surface area contributed by atoms with Crippen molar-refractivity contribution in [2.75, 3.05) is 7.11 Å². The van der Waals surface area contributed by atoms with E-state index >= 15 is 0 Å². The number of esters is 1. The number of hydrogen-bond donors (Lipinski definition) is 0. The molecule has 0 saturated heterocycles. The Balaban J connectivity index is 1.80. The Hall–Kier alpha value is -3.85. The van der Waals surface area contributed by atoms with Crippen LogP contribution in [0.5, 0.6) is 0 Å². The first-order valence-electron chi connectivity index (χ1n) is 9.26. The largest absolute Gasteiger partial charge is 0.469 e. The number of halogens is 2. The van der Waals surface area contributed by atoms with Crippen LogP contribution in [0.15, 0.2) is 54.7 Å². The van der Waals surface area contributed by atoms with Crippen molar-refractivity contribution >= 4 is 34.4 Å². The highest BCUT2D eigenvalue weighted by Crippen LogP contribution is 2.28. The summed E-state index contributed by atoms with van der Waals surface area (Å²) in [7, 11) is 1.29. The lowest BCUT2D eigenvalue weighted by Gasteiger charge is -2.05. The van der Waals surface area contributed by atoms with Gasteiger partial charge in [-0.1, -0.05) is 29.8 Å². The Morgan fingerprint density at radius 3 is 2.77 bits per heavy atom. The molecule has 5 aromatic rings. The zero-order valence-corrected chi connectivity index (χ0v) is 16.9. The summed E-state index contributed by atoms with van der Waals surface area (Å²) in [6.07, 6.45) is 1.54. The van der Waals surface area contributed by atoms with Crippen molar-refractivity contribution in [2.24, 2.45) is 0 Å². The summed E-state index contributed by atoms with van der Waals surface area (Å²) in [4.78, 5) is 11.9. The monoisotopic (exact) mass is 436 g/mol. The lowest BCUT2D eigenvalue weighted by Crippen LogP contribution is -2.06. The molecule has 2 aromatic carbocycles. The van der Waals surface area contributed by atoms with Gasteiger partial charge in [0.15, 0.2) is 16.8 Å². The number of fused-ring (bicyclic) bond motifs is 3. The molecule has 0 fully saturated rings. The molecule has 0 aliphatic heterocycles. The Morgan fingerprint density at radius 2 is 2.00 bits per heavy atom. The van der Waals surface area contributed by atoms with E-state index in [0.29, 0.717) is 33.2 Å². The van der Waals surface area contributed by atoms with Gasteiger partial charge in [-0.3, -0.25) is 4.79 Å². The van der Waals surface area contributed by atoms with Crippen LogP contribution in [0.3, 0.4) is 0 Å². The van der Waals surface area contributed by atoms with Crippen molar-refractivity contribution in [3.63, 3.8) is 0 Å². The Bertz CT molecular complexity index is 1460. The minimum Gasteiger partial charge on any atom is -0.469 e. The second-order valence-corrected chi connectivity index (χ2v) is 7.20. The van der Waals surface area contributed by atoms with Gasteiger partial charge < -0.3 is 4.74 Å². The van der Waals surface area contributed by atoms with Crippen molar-refractivity contribution in [3.8, 4) is 16.8 Å². The average molecular weight is 437 g/mol. The molecule has 0 aliphatic rings. The van der Waals surface area contributed by atoms with Gasteiger partial charge >= 0.3 is 5.97 Å². The van der Waals surface area contributed by atoms with Gasteiger partial charge in [-0.15, -0.1) is 10.2 Å². The van der Waals surface area contributed by atoms with Gasteiger partial charge in [0.2, 0.25) is 0 Å². The molecule has 0 saturated carbocycles. The molecule has 3 heterocycles. The van der Waals surface area contributed by atoms with E-state index in [2.05, 4.69) is 20.4 Å². The van der Waals surface area contributed by atoms with Crippen LogP contribution in [0.4, 0.5) is 4.39 Å². The first-order chi connectivity index (χ1) is 15.0. The van der Waals surface area contributed by atoms with Crippen molar-refractivity contribution < 1.29 is 13.9 Å². The average Bonchev–Trinajstić information content (AvgIpc) is 3.35. The summed E-state index contributed by atoms with van der Waals surface area (Å²) in [6.45, 7) is 0. The highest BCUT2D eigenvalue weighted by molar-refractivity contribution is 6.30. The smallest absolute Gasteiger partial charge is 0.311 e. The van der Waals surface area contributed by atoms with Crippen LogP contribution >= 0.6 is 11.6 Å². The predicted octanol–water partition coefficient (Wildman–Crippen LogP) is 3.64. The topological polar surface area (TPSA) is 87.2 Å². The fourth-order valence-electron chi connectivity index (χ4n) is 3.40. The predicted molar refractivity (Wildman–Crippen MR) is 112 cm³/mol. The molecule has 0 bridgehead atoms. The van der Waals surface area contributed by atoms with Crippen LogP contribution in [0.2, 0.25) is 5.02 Å². The van der Waals surface area contributed by atoms with E-state index in [-0.39, 0.29) is 6.42 Å². The zero-order chi connectivity index (χ0) is 21.5. The second-order valence-electron chi connectivity index (χ2n) is 6.77. The SMILES string of the molecule is COC(=O)Cc1nn(-c2cccc(F)c2)c2c1nnc1c(-c3cccc(Cl)c3)cnn12. The number of aromatic nitrogens is 6. The first kappa shape index (κ1) is 19.1. The van der Waals surface area contributed by atoms with Crippen LogP contribution in [0, 0.1) is 5.82 Å². The number of hydrogen-bond acceptors (Lipinski definition) is 6. The molecule has 0 N–H and O–H groups in total. The minimum absolute atomic E-state index is 0.113. The summed E-state index contributed by atoms with van der Waals surface area (Å²) in [6, 6.07) is 13.2. The first-order valence-corrected chi connectivity index (χ1v) is 9.63. The summed E-state index contributed by atoms with van der Waals surface area (Å²) < 4.78 is 21.7. The molecule has 3 aromatic heterocycles. The molecule has 10 heteroatoms. The van der Waals surface area contributed by atoms with E-state index < -0.39 is 11.8 Å². The zero-order valence-electron chi connectivity index (χ0n) is 16.2.